The molecule has 11 heavy (non-hydrogen) atoms. The molecule has 1 aromatic rings. The van der Waals surface area contributed by atoms with E-state index < -0.39 is 0 Å². The molecule has 0 saturated carbocycles. The number of rotatable bonds is 0. The van der Waals surface area contributed by atoms with Crippen molar-refractivity contribution in [1.82, 2.24) is 10.3 Å². The number of aromatic nitrogens is 1. The lowest BCUT2D eigenvalue weighted by atomic mass is 10.00. The quantitative estimate of drug-likeness (QED) is 0.556. The molecule has 0 unspecified atom stereocenters. The number of nitrogens with one attached hydrogen (secondary N) is 1. The van der Waals surface area contributed by atoms with Gasteiger partial charge in [0, 0.05) is 12.4 Å². The van der Waals surface area contributed by atoms with E-state index in [1.165, 1.54) is 11.1 Å². The van der Waals surface area contributed by atoms with Crippen molar-refractivity contribution in [2.75, 3.05) is 0 Å². The van der Waals surface area contributed by atoms with Gasteiger partial charge in [-0.15, -0.1) is 0 Å². The van der Waals surface area contributed by atoms with Gasteiger partial charge in [0.2, 0.25) is 0 Å². The molecular formula is C9H8N2. The Morgan fingerprint density at radius 2 is 2.00 bits per heavy atom. The highest BCUT2D eigenvalue weighted by Crippen LogP contribution is 2.38. The number of hydrogen-bond donors (Lipinski definition) is 1. The van der Waals surface area contributed by atoms with Crippen molar-refractivity contribution in [3.63, 3.8) is 0 Å². The van der Waals surface area contributed by atoms with Crippen molar-refractivity contribution in [3.8, 4) is 0 Å². The SMILES string of the molecule is C1=C[C@H]2N[C@@H]1c1cnccc12. The van der Waals surface area contributed by atoms with E-state index >= 15 is 0 Å². The normalized spacial score (nSPS) is 30.9. The summed E-state index contributed by atoms with van der Waals surface area (Å²) in [6.45, 7) is 0. The van der Waals surface area contributed by atoms with Gasteiger partial charge in [-0.2, -0.15) is 0 Å². The van der Waals surface area contributed by atoms with Crippen LogP contribution in [0.25, 0.3) is 0 Å². The average Bonchev–Trinajstić information content (AvgIpc) is 2.64. The smallest absolute Gasteiger partial charge is 0.0532 e. The molecule has 0 aromatic carbocycles. The molecule has 2 aliphatic heterocycles. The minimum Gasteiger partial charge on any atom is -0.296 e. The zero-order chi connectivity index (χ0) is 7.26. The van der Waals surface area contributed by atoms with Crippen LogP contribution in [0.5, 0.6) is 0 Å². The largest absolute Gasteiger partial charge is 0.296 e. The lowest BCUT2D eigenvalue weighted by Crippen LogP contribution is -2.07. The number of fused-ring (bicyclic) bond motifs is 5. The number of nitrogens with zero attached hydrogens (tertiary/aromatic N) is 1. The molecule has 0 spiro atoms. The van der Waals surface area contributed by atoms with Gasteiger partial charge >= 0.3 is 0 Å². The molecule has 2 aliphatic rings. The Bertz CT molecular complexity index is 299. The molecule has 0 amide bonds. The average molecular weight is 144 g/mol. The van der Waals surface area contributed by atoms with Crippen LogP contribution >= 0.6 is 0 Å². The van der Waals surface area contributed by atoms with E-state index in [1.807, 2.05) is 12.4 Å². The minimum atomic E-state index is 0.434. The van der Waals surface area contributed by atoms with E-state index in [0.29, 0.717) is 12.1 Å². The summed E-state index contributed by atoms with van der Waals surface area (Å²) < 4.78 is 0. The Balaban J connectivity index is 2.28. The Morgan fingerprint density at radius 1 is 1.18 bits per heavy atom. The Labute approximate surface area is 65.0 Å². The van der Waals surface area contributed by atoms with E-state index in [-0.39, 0.29) is 0 Å². The summed E-state index contributed by atoms with van der Waals surface area (Å²) in [6, 6.07) is 2.98. The fourth-order valence-corrected chi connectivity index (χ4v) is 1.87. The summed E-state index contributed by atoms with van der Waals surface area (Å²) in [5.41, 5.74) is 2.74. The molecule has 0 radical (unpaired) electrons. The lowest BCUT2D eigenvalue weighted by Gasteiger charge is -2.05. The fraction of sp³-hybridized carbons (Fsp3) is 0.222. The maximum Gasteiger partial charge on any atom is 0.0532 e. The van der Waals surface area contributed by atoms with E-state index in [1.54, 1.807) is 0 Å². The highest BCUT2D eigenvalue weighted by Gasteiger charge is 2.31. The summed E-state index contributed by atoms with van der Waals surface area (Å²) in [5, 5.41) is 3.44. The van der Waals surface area contributed by atoms with Gasteiger partial charge in [0.05, 0.1) is 12.1 Å². The standard InChI is InChI=1S/C9H8N2/c1-2-9-7-5-10-4-3-6(7)8(1)11-9/h1-5,8-9,11H/t8-,9+/m1/s1. The molecule has 2 bridgehead atoms. The molecule has 2 nitrogen and oxygen atoms in total. The Hall–Kier alpha value is -1.15. The van der Waals surface area contributed by atoms with Crippen LogP contribution in [0.3, 0.4) is 0 Å². The van der Waals surface area contributed by atoms with Gasteiger partial charge in [0.15, 0.2) is 0 Å². The maximum atomic E-state index is 4.10. The molecule has 0 saturated heterocycles. The van der Waals surface area contributed by atoms with E-state index in [9.17, 15) is 0 Å². The van der Waals surface area contributed by atoms with Crippen LogP contribution in [0.1, 0.15) is 23.2 Å². The van der Waals surface area contributed by atoms with Gasteiger partial charge in [-0.3, -0.25) is 10.3 Å². The second-order valence-electron chi connectivity index (χ2n) is 3.01. The van der Waals surface area contributed by atoms with Gasteiger partial charge in [-0.25, -0.2) is 0 Å². The zero-order valence-electron chi connectivity index (χ0n) is 5.99. The van der Waals surface area contributed by atoms with E-state index in [4.69, 9.17) is 0 Å². The van der Waals surface area contributed by atoms with Crippen molar-refractivity contribution < 1.29 is 0 Å². The second kappa shape index (κ2) is 1.71. The van der Waals surface area contributed by atoms with Crippen molar-refractivity contribution in [2.24, 2.45) is 0 Å². The van der Waals surface area contributed by atoms with E-state index in [0.717, 1.165) is 0 Å². The second-order valence-corrected chi connectivity index (χ2v) is 3.01. The van der Waals surface area contributed by atoms with Crippen LogP contribution in [0.15, 0.2) is 30.6 Å². The maximum absolute atomic E-state index is 4.10. The van der Waals surface area contributed by atoms with Gasteiger partial charge in [0.1, 0.15) is 0 Å². The van der Waals surface area contributed by atoms with Crippen molar-refractivity contribution >= 4 is 0 Å². The third-order valence-electron chi connectivity index (χ3n) is 2.41. The van der Waals surface area contributed by atoms with Crippen LogP contribution in [-0.4, -0.2) is 4.98 Å². The number of hydrogen-bond acceptors (Lipinski definition) is 2. The highest BCUT2D eigenvalue weighted by atomic mass is 15.0. The van der Waals surface area contributed by atoms with Crippen molar-refractivity contribution in [2.45, 2.75) is 12.1 Å². The topological polar surface area (TPSA) is 24.9 Å². The van der Waals surface area contributed by atoms with Crippen molar-refractivity contribution in [3.05, 3.63) is 41.7 Å². The minimum absolute atomic E-state index is 0.434. The van der Waals surface area contributed by atoms with Crippen LogP contribution < -0.4 is 5.32 Å². The third-order valence-corrected chi connectivity index (χ3v) is 2.41. The molecule has 3 heterocycles. The first-order valence-corrected chi connectivity index (χ1v) is 3.83. The first kappa shape index (κ1) is 5.49. The summed E-state index contributed by atoms with van der Waals surface area (Å²) >= 11 is 0. The molecule has 2 heteroatoms. The molecule has 54 valence electrons. The summed E-state index contributed by atoms with van der Waals surface area (Å²) in [4.78, 5) is 4.10. The fourth-order valence-electron chi connectivity index (χ4n) is 1.87. The molecule has 0 fully saturated rings. The summed E-state index contributed by atoms with van der Waals surface area (Å²) in [7, 11) is 0. The monoisotopic (exact) mass is 144 g/mol. The summed E-state index contributed by atoms with van der Waals surface area (Å²) in [5.74, 6) is 0. The van der Waals surface area contributed by atoms with Crippen molar-refractivity contribution in [1.29, 1.82) is 0 Å². The van der Waals surface area contributed by atoms with Gasteiger partial charge < -0.3 is 0 Å². The Morgan fingerprint density at radius 3 is 2.82 bits per heavy atom. The molecular weight excluding hydrogens is 136 g/mol. The number of pyridine rings is 1. The summed E-state index contributed by atoms with van der Waals surface area (Å²) in [6.07, 6.45) is 8.23. The van der Waals surface area contributed by atoms with Crippen LogP contribution in [-0.2, 0) is 0 Å². The Kier molecular flexibility index (Phi) is 0.855. The van der Waals surface area contributed by atoms with Gasteiger partial charge in [-0.05, 0) is 17.2 Å². The van der Waals surface area contributed by atoms with Crippen LogP contribution in [0.4, 0.5) is 0 Å². The van der Waals surface area contributed by atoms with Gasteiger partial charge in [-0.1, -0.05) is 12.2 Å². The van der Waals surface area contributed by atoms with Crippen LogP contribution in [0.2, 0.25) is 0 Å². The van der Waals surface area contributed by atoms with E-state index in [2.05, 4.69) is 28.5 Å². The predicted octanol–water partition coefficient (Wildman–Crippen LogP) is 1.34. The highest BCUT2D eigenvalue weighted by molar-refractivity contribution is 5.44. The third kappa shape index (κ3) is 0.576. The van der Waals surface area contributed by atoms with Crippen LogP contribution in [0, 0.1) is 0 Å². The first-order chi connectivity index (χ1) is 5.45. The molecule has 1 aromatic heterocycles. The zero-order valence-corrected chi connectivity index (χ0v) is 5.99. The molecule has 3 rings (SSSR count). The lowest BCUT2D eigenvalue weighted by molar-refractivity contribution is 0.673. The predicted molar refractivity (Wildman–Crippen MR) is 42.0 cm³/mol. The van der Waals surface area contributed by atoms with Gasteiger partial charge in [0.25, 0.3) is 0 Å². The molecule has 1 N–H and O–H groups in total. The molecule has 2 atom stereocenters. The first-order valence-electron chi connectivity index (χ1n) is 3.83. The molecule has 0 aliphatic carbocycles.